The van der Waals surface area contributed by atoms with Gasteiger partial charge in [0.25, 0.3) is 0 Å². The molecule has 0 amide bonds. The van der Waals surface area contributed by atoms with Gasteiger partial charge >= 0.3 is 0 Å². The predicted octanol–water partition coefficient (Wildman–Crippen LogP) is 4.56. The lowest BCUT2D eigenvalue weighted by Crippen LogP contribution is -2.07. The molecule has 128 valence electrons. The molecule has 3 aromatic rings. The van der Waals surface area contributed by atoms with E-state index < -0.39 is 11.6 Å². The topological polar surface area (TPSA) is 49.8 Å². The van der Waals surface area contributed by atoms with Crippen molar-refractivity contribution in [3.8, 4) is 0 Å². The Kier molecular flexibility index (Phi) is 4.83. The van der Waals surface area contributed by atoms with Crippen molar-refractivity contribution in [2.75, 3.05) is 10.6 Å². The van der Waals surface area contributed by atoms with E-state index >= 15 is 0 Å². The van der Waals surface area contributed by atoms with Gasteiger partial charge in [0.05, 0.1) is 0 Å². The molecule has 4 nitrogen and oxygen atoms in total. The van der Waals surface area contributed by atoms with E-state index in [1.54, 1.807) is 25.1 Å². The normalized spacial score (nSPS) is 10.6. The van der Waals surface area contributed by atoms with Crippen molar-refractivity contribution in [1.29, 1.82) is 0 Å². The second-order valence-electron chi connectivity index (χ2n) is 5.35. The van der Waals surface area contributed by atoms with Crippen molar-refractivity contribution in [3.63, 3.8) is 0 Å². The van der Waals surface area contributed by atoms with Gasteiger partial charge in [-0.1, -0.05) is 24.3 Å². The van der Waals surface area contributed by atoms with Crippen LogP contribution in [0.15, 0.2) is 48.5 Å². The highest BCUT2D eigenvalue weighted by atomic mass is 19.1. The monoisotopic (exact) mass is 344 g/mol. The second kappa shape index (κ2) is 7.21. The number of anilines is 3. The Balaban J connectivity index is 1.80. The molecule has 2 aromatic carbocycles. The van der Waals surface area contributed by atoms with Crippen LogP contribution >= 0.6 is 0 Å². The number of hydrogen-bond donors (Lipinski definition) is 2. The number of nitrogens with one attached hydrogen (secondary N) is 2. The van der Waals surface area contributed by atoms with Gasteiger partial charge in [0.15, 0.2) is 0 Å². The first-order valence-corrected chi connectivity index (χ1v) is 7.57. The summed E-state index contributed by atoms with van der Waals surface area (Å²) in [5.41, 5.74) is 0.189. The third kappa shape index (κ3) is 4.06. The molecule has 0 fully saturated rings. The van der Waals surface area contributed by atoms with Crippen molar-refractivity contribution in [1.82, 2.24) is 9.97 Å². The van der Waals surface area contributed by atoms with Crippen LogP contribution in [0, 0.1) is 24.4 Å². The zero-order valence-electron chi connectivity index (χ0n) is 13.4. The van der Waals surface area contributed by atoms with E-state index in [-0.39, 0.29) is 23.9 Å². The summed E-state index contributed by atoms with van der Waals surface area (Å²) >= 11 is 0. The van der Waals surface area contributed by atoms with E-state index in [9.17, 15) is 13.2 Å². The minimum atomic E-state index is -0.725. The van der Waals surface area contributed by atoms with E-state index in [0.29, 0.717) is 17.2 Å². The average molecular weight is 344 g/mol. The molecule has 2 N–H and O–H groups in total. The minimum Gasteiger partial charge on any atom is -0.366 e. The van der Waals surface area contributed by atoms with Gasteiger partial charge in [-0.15, -0.1) is 0 Å². The Bertz CT molecular complexity index is 879. The highest BCUT2D eigenvalue weighted by molar-refractivity contribution is 5.60. The number of rotatable bonds is 5. The molecule has 0 atom stereocenters. The van der Waals surface area contributed by atoms with Crippen molar-refractivity contribution in [3.05, 3.63) is 77.4 Å². The molecule has 0 saturated heterocycles. The number of aromatic nitrogens is 2. The maximum atomic E-state index is 13.7. The second-order valence-corrected chi connectivity index (χ2v) is 5.35. The summed E-state index contributed by atoms with van der Waals surface area (Å²) in [6.07, 6.45) is 0. The highest BCUT2D eigenvalue weighted by Gasteiger charge is 2.10. The maximum absolute atomic E-state index is 13.7. The molecule has 7 heteroatoms. The van der Waals surface area contributed by atoms with Crippen molar-refractivity contribution in [2.24, 2.45) is 0 Å². The smallest absolute Gasteiger partial charge is 0.149 e. The van der Waals surface area contributed by atoms with Crippen LogP contribution in [0.1, 0.15) is 11.4 Å². The lowest BCUT2D eigenvalue weighted by atomic mass is 10.2. The SMILES string of the molecule is Cc1nc(NCc2ccccc2F)cc(Nc2c(F)cccc2F)n1. The molecule has 0 saturated carbocycles. The first-order valence-electron chi connectivity index (χ1n) is 7.57. The van der Waals surface area contributed by atoms with E-state index in [0.717, 1.165) is 12.1 Å². The molecule has 1 heterocycles. The lowest BCUT2D eigenvalue weighted by molar-refractivity contribution is 0.590. The zero-order valence-corrected chi connectivity index (χ0v) is 13.4. The number of hydrogen-bond acceptors (Lipinski definition) is 4. The summed E-state index contributed by atoms with van der Waals surface area (Å²) in [4.78, 5) is 8.31. The predicted molar refractivity (Wildman–Crippen MR) is 90.1 cm³/mol. The van der Waals surface area contributed by atoms with E-state index in [1.165, 1.54) is 18.2 Å². The molecular weight excluding hydrogens is 329 g/mol. The Morgan fingerprint density at radius 1 is 0.840 bits per heavy atom. The van der Waals surface area contributed by atoms with Crippen molar-refractivity contribution in [2.45, 2.75) is 13.5 Å². The Morgan fingerprint density at radius 2 is 1.48 bits per heavy atom. The van der Waals surface area contributed by atoms with Crippen molar-refractivity contribution < 1.29 is 13.2 Å². The third-order valence-corrected chi connectivity index (χ3v) is 3.47. The molecule has 0 spiro atoms. The van der Waals surface area contributed by atoms with Gasteiger partial charge in [-0.3, -0.25) is 0 Å². The summed E-state index contributed by atoms with van der Waals surface area (Å²) in [5, 5.41) is 5.60. The largest absolute Gasteiger partial charge is 0.366 e. The summed E-state index contributed by atoms with van der Waals surface area (Å²) in [7, 11) is 0. The summed E-state index contributed by atoms with van der Waals surface area (Å²) in [6, 6.07) is 11.5. The maximum Gasteiger partial charge on any atom is 0.149 e. The number of benzene rings is 2. The Morgan fingerprint density at radius 3 is 2.20 bits per heavy atom. The molecule has 25 heavy (non-hydrogen) atoms. The Labute approximate surface area is 142 Å². The van der Waals surface area contributed by atoms with Crippen LogP contribution < -0.4 is 10.6 Å². The quantitative estimate of drug-likeness (QED) is 0.712. The number of nitrogens with zero attached hydrogens (tertiary/aromatic N) is 2. The number of halogens is 3. The van der Waals surface area contributed by atoms with Gasteiger partial charge in [-0.05, 0) is 25.1 Å². The molecule has 0 bridgehead atoms. The fourth-order valence-electron chi connectivity index (χ4n) is 2.30. The lowest BCUT2D eigenvalue weighted by Gasteiger charge is -2.11. The molecular formula is C18H15F3N4. The van der Waals surface area contributed by atoms with Gasteiger partial charge in [-0.2, -0.15) is 0 Å². The summed E-state index contributed by atoms with van der Waals surface area (Å²) in [5.74, 6) is -0.734. The minimum absolute atomic E-state index is 0.219. The molecule has 1 aromatic heterocycles. The van der Waals surface area contributed by atoms with E-state index in [1.807, 2.05) is 0 Å². The zero-order chi connectivity index (χ0) is 17.8. The van der Waals surface area contributed by atoms with Crippen LogP contribution in [0.2, 0.25) is 0 Å². The van der Waals surface area contributed by atoms with Gasteiger partial charge in [0.2, 0.25) is 0 Å². The van der Waals surface area contributed by atoms with Crippen LogP contribution in [0.25, 0.3) is 0 Å². The fraction of sp³-hybridized carbons (Fsp3) is 0.111. The standard InChI is InChI=1S/C18H15F3N4/c1-11-23-16(22-10-12-5-2-3-6-13(12)19)9-17(24-11)25-18-14(20)7-4-8-15(18)21/h2-9H,10H2,1H3,(H2,22,23,24,25). The first-order chi connectivity index (χ1) is 12.0. The molecule has 0 radical (unpaired) electrons. The Hall–Kier alpha value is -3.09. The van der Waals surface area contributed by atoms with Crippen LogP contribution in [0.4, 0.5) is 30.5 Å². The molecule has 3 rings (SSSR count). The van der Waals surface area contributed by atoms with Crippen LogP contribution in [-0.4, -0.2) is 9.97 Å². The highest BCUT2D eigenvalue weighted by Crippen LogP contribution is 2.23. The van der Waals surface area contributed by atoms with Gasteiger partial charge in [0.1, 0.15) is 40.6 Å². The van der Waals surface area contributed by atoms with Crippen LogP contribution in [-0.2, 0) is 6.54 Å². The fourth-order valence-corrected chi connectivity index (χ4v) is 2.30. The molecule has 0 aliphatic heterocycles. The van der Waals surface area contributed by atoms with Gasteiger partial charge < -0.3 is 10.6 Å². The van der Waals surface area contributed by atoms with Crippen molar-refractivity contribution >= 4 is 17.3 Å². The molecule has 0 aliphatic carbocycles. The molecule has 0 aliphatic rings. The third-order valence-electron chi connectivity index (χ3n) is 3.47. The van der Waals surface area contributed by atoms with Gasteiger partial charge in [-0.25, -0.2) is 23.1 Å². The number of para-hydroxylation sites is 1. The summed E-state index contributed by atoms with van der Waals surface area (Å²) < 4.78 is 41.2. The first kappa shape index (κ1) is 16.8. The van der Waals surface area contributed by atoms with E-state index in [4.69, 9.17) is 0 Å². The van der Waals surface area contributed by atoms with Crippen LogP contribution in [0.5, 0.6) is 0 Å². The van der Waals surface area contributed by atoms with Gasteiger partial charge in [0, 0.05) is 18.2 Å². The summed E-state index contributed by atoms with van der Waals surface area (Å²) in [6.45, 7) is 1.87. The average Bonchev–Trinajstić information content (AvgIpc) is 2.57. The number of aryl methyl sites for hydroxylation is 1. The molecule has 0 unspecified atom stereocenters. The van der Waals surface area contributed by atoms with E-state index in [2.05, 4.69) is 20.6 Å². The van der Waals surface area contributed by atoms with Crippen LogP contribution in [0.3, 0.4) is 0 Å².